The van der Waals surface area contributed by atoms with Crippen molar-refractivity contribution in [2.24, 2.45) is 5.92 Å². The first-order valence-electron chi connectivity index (χ1n) is 11.8. The first kappa shape index (κ1) is 27.1. The minimum atomic E-state index is -0.963. The highest BCUT2D eigenvalue weighted by molar-refractivity contribution is 6.34. The zero-order valence-electron chi connectivity index (χ0n) is 21.2. The average molecular weight is 510 g/mol. The van der Waals surface area contributed by atoms with E-state index in [0.29, 0.717) is 21.8 Å². The van der Waals surface area contributed by atoms with Crippen molar-refractivity contribution >= 4 is 35.2 Å². The van der Waals surface area contributed by atoms with E-state index >= 15 is 0 Å². The molecule has 2 aromatic carbocycles. The maximum absolute atomic E-state index is 13.8. The van der Waals surface area contributed by atoms with Crippen LogP contribution >= 0.6 is 11.6 Å². The summed E-state index contributed by atoms with van der Waals surface area (Å²) in [5, 5.41) is 5.83. The Kier molecular flexibility index (Phi) is 8.31. The summed E-state index contributed by atoms with van der Waals surface area (Å²) in [7, 11) is 0. The number of benzene rings is 2. The molecule has 2 N–H and O–H groups in total. The highest BCUT2D eigenvalue weighted by Crippen LogP contribution is 2.41. The summed E-state index contributed by atoms with van der Waals surface area (Å²) in [5.41, 5.74) is 1.83. The molecule has 1 aliphatic carbocycles. The van der Waals surface area contributed by atoms with E-state index in [0.717, 1.165) is 12.0 Å². The lowest BCUT2D eigenvalue weighted by atomic mass is 10.0. The number of hydrogen-bond donors (Lipinski definition) is 2. The van der Waals surface area contributed by atoms with Gasteiger partial charge in [-0.1, -0.05) is 48.7 Å². The molecule has 8 heteroatoms. The van der Waals surface area contributed by atoms with Crippen LogP contribution in [0.15, 0.2) is 42.5 Å². The number of para-hydroxylation sites is 1. The van der Waals surface area contributed by atoms with E-state index in [-0.39, 0.29) is 18.5 Å². The topological polar surface area (TPSA) is 87.7 Å². The van der Waals surface area contributed by atoms with Gasteiger partial charge in [0.15, 0.2) is 0 Å². The third kappa shape index (κ3) is 6.79. The Bertz CT molecular complexity index is 1160. The van der Waals surface area contributed by atoms with Gasteiger partial charge >= 0.3 is 6.09 Å². The van der Waals surface area contributed by atoms with Crippen LogP contribution in [0.5, 0.6) is 0 Å². The summed E-state index contributed by atoms with van der Waals surface area (Å²) in [6.45, 7) is 8.77. The predicted molar refractivity (Wildman–Crippen MR) is 141 cm³/mol. The van der Waals surface area contributed by atoms with Gasteiger partial charge in [-0.2, -0.15) is 0 Å². The molecule has 0 saturated heterocycles. The van der Waals surface area contributed by atoms with Crippen LogP contribution in [0.1, 0.15) is 56.8 Å². The fraction of sp³-hybridized carbons (Fsp3) is 0.393. The van der Waals surface area contributed by atoms with Crippen molar-refractivity contribution in [1.29, 1.82) is 0 Å². The number of carbonyl (C=O) groups excluding carboxylic acids is 3. The molecule has 3 amide bonds. The monoisotopic (exact) mass is 509 g/mol. The van der Waals surface area contributed by atoms with Crippen molar-refractivity contribution in [2.75, 3.05) is 11.9 Å². The smallest absolute Gasteiger partial charge is 0.408 e. The van der Waals surface area contributed by atoms with Crippen LogP contribution in [0.2, 0.25) is 5.02 Å². The van der Waals surface area contributed by atoms with Crippen molar-refractivity contribution in [3.8, 4) is 12.3 Å². The van der Waals surface area contributed by atoms with Crippen LogP contribution in [-0.2, 0) is 14.3 Å². The van der Waals surface area contributed by atoms with Crippen LogP contribution in [0.25, 0.3) is 0 Å². The molecule has 7 nitrogen and oxygen atoms in total. The number of hydrogen-bond acceptors (Lipinski definition) is 4. The number of ether oxygens (including phenoxy) is 1. The lowest BCUT2D eigenvalue weighted by molar-refractivity contribution is -0.139. The number of halogens is 1. The molecule has 1 aliphatic rings. The van der Waals surface area contributed by atoms with E-state index in [4.69, 9.17) is 22.8 Å². The fourth-order valence-electron chi connectivity index (χ4n) is 3.95. The Morgan fingerprint density at radius 2 is 1.83 bits per heavy atom. The molecule has 190 valence electrons. The van der Waals surface area contributed by atoms with Crippen LogP contribution in [-0.4, -0.2) is 41.0 Å². The molecule has 0 heterocycles. The number of nitrogens with zero attached hydrogens (tertiary/aromatic N) is 1. The quantitative estimate of drug-likeness (QED) is 0.510. The van der Waals surface area contributed by atoms with Gasteiger partial charge in [-0.15, -0.1) is 6.42 Å². The molecule has 1 fully saturated rings. The van der Waals surface area contributed by atoms with Gasteiger partial charge < -0.3 is 20.3 Å². The van der Waals surface area contributed by atoms with Gasteiger partial charge in [0.2, 0.25) is 5.91 Å². The molecule has 1 saturated carbocycles. The lowest BCUT2D eigenvalue weighted by Gasteiger charge is -2.32. The highest BCUT2D eigenvalue weighted by atomic mass is 35.5. The summed E-state index contributed by atoms with van der Waals surface area (Å²) in [6, 6.07) is 11.2. The van der Waals surface area contributed by atoms with Crippen LogP contribution < -0.4 is 10.6 Å². The molecule has 0 aromatic heterocycles. The Balaban J connectivity index is 1.94. The van der Waals surface area contributed by atoms with E-state index in [9.17, 15) is 14.4 Å². The standard InChI is InChI=1S/C28H32ClN3O4/c1-7-19-11-13-20(14-12-19)25(26(34)31-24-17(2)9-8-10-21(24)29)32(22-15-18(22)3)23(33)16-30-27(35)36-28(4,5)6/h1,8-14,18,22,25H,15-16H2,2-6H3,(H,30,35)(H,31,34). The van der Waals surface area contributed by atoms with Gasteiger partial charge in [0, 0.05) is 11.6 Å². The third-order valence-corrected chi connectivity index (χ3v) is 6.20. The van der Waals surface area contributed by atoms with Crippen molar-refractivity contribution in [1.82, 2.24) is 10.2 Å². The molecule has 3 rings (SSSR count). The second-order valence-electron chi connectivity index (χ2n) is 10.0. The van der Waals surface area contributed by atoms with E-state index in [2.05, 4.69) is 16.6 Å². The number of carbonyl (C=O) groups is 3. The Morgan fingerprint density at radius 3 is 2.36 bits per heavy atom. The minimum Gasteiger partial charge on any atom is -0.444 e. The van der Waals surface area contributed by atoms with Crippen molar-refractivity contribution in [3.05, 3.63) is 64.2 Å². The van der Waals surface area contributed by atoms with Gasteiger partial charge in [0.25, 0.3) is 5.91 Å². The number of amides is 3. The molecule has 0 spiro atoms. The van der Waals surface area contributed by atoms with E-state index < -0.39 is 29.6 Å². The van der Waals surface area contributed by atoms with Gasteiger partial charge in [-0.3, -0.25) is 9.59 Å². The predicted octanol–water partition coefficient (Wildman–Crippen LogP) is 5.07. The summed E-state index contributed by atoms with van der Waals surface area (Å²) in [6.07, 6.45) is 5.55. The number of rotatable bonds is 7. The minimum absolute atomic E-state index is 0.159. The molecule has 0 aliphatic heterocycles. The zero-order chi connectivity index (χ0) is 26.6. The molecule has 0 radical (unpaired) electrons. The SMILES string of the molecule is C#Cc1ccc(C(C(=O)Nc2c(C)cccc2Cl)N(C(=O)CNC(=O)OC(C)(C)C)C2CC2C)cc1. The molecule has 36 heavy (non-hydrogen) atoms. The van der Waals surface area contributed by atoms with Gasteiger partial charge in [0.05, 0.1) is 10.7 Å². The number of alkyl carbamates (subject to hydrolysis) is 1. The fourth-order valence-corrected chi connectivity index (χ4v) is 4.21. The second kappa shape index (κ2) is 11.0. The Labute approximate surface area is 217 Å². The molecule has 3 unspecified atom stereocenters. The van der Waals surface area contributed by atoms with Crippen LogP contribution in [0, 0.1) is 25.2 Å². The summed E-state index contributed by atoms with van der Waals surface area (Å²) in [5.74, 6) is 1.96. The van der Waals surface area contributed by atoms with Gasteiger partial charge in [-0.25, -0.2) is 4.79 Å². The van der Waals surface area contributed by atoms with Gasteiger partial charge in [-0.05, 0) is 69.4 Å². The maximum atomic E-state index is 13.8. The number of anilines is 1. The van der Waals surface area contributed by atoms with Gasteiger partial charge in [0.1, 0.15) is 18.2 Å². The van der Waals surface area contributed by atoms with Crippen molar-refractivity contribution in [3.63, 3.8) is 0 Å². The molecule has 2 aromatic rings. The van der Waals surface area contributed by atoms with E-state index in [1.807, 2.05) is 19.9 Å². The Morgan fingerprint density at radius 1 is 1.19 bits per heavy atom. The Hall–Kier alpha value is -3.50. The highest BCUT2D eigenvalue weighted by Gasteiger charge is 2.46. The summed E-state index contributed by atoms with van der Waals surface area (Å²) in [4.78, 5) is 41.0. The number of nitrogens with one attached hydrogen (secondary N) is 2. The number of terminal acetylenes is 1. The first-order valence-corrected chi connectivity index (χ1v) is 12.2. The van der Waals surface area contributed by atoms with E-state index in [1.54, 1.807) is 62.1 Å². The average Bonchev–Trinajstić information content (AvgIpc) is 3.52. The summed E-state index contributed by atoms with van der Waals surface area (Å²) >= 11 is 6.36. The third-order valence-electron chi connectivity index (χ3n) is 5.88. The molecule has 3 atom stereocenters. The molecular weight excluding hydrogens is 478 g/mol. The zero-order valence-corrected chi connectivity index (χ0v) is 22.0. The number of aryl methyl sites for hydroxylation is 1. The summed E-state index contributed by atoms with van der Waals surface area (Å²) < 4.78 is 5.26. The normalized spacial score (nSPS) is 17.4. The second-order valence-corrected chi connectivity index (χ2v) is 10.4. The van der Waals surface area contributed by atoms with Crippen LogP contribution in [0.4, 0.5) is 10.5 Å². The van der Waals surface area contributed by atoms with Crippen molar-refractivity contribution < 1.29 is 19.1 Å². The van der Waals surface area contributed by atoms with Crippen molar-refractivity contribution in [2.45, 2.75) is 58.7 Å². The largest absolute Gasteiger partial charge is 0.444 e. The first-order chi connectivity index (χ1) is 16.9. The molecular formula is C28H32ClN3O4. The molecule has 0 bridgehead atoms. The lowest BCUT2D eigenvalue weighted by Crippen LogP contribution is -2.48. The van der Waals surface area contributed by atoms with E-state index in [1.165, 1.54) is 0 Å². The maximum Gasteiger partial charge on any atom is 0.408 e. The van der Waals surface area contributed by atoms with Crippen LogP contribution in [0.3, 0.4) is 0 Å².